The van der Waals surface area contributed by atoms with E-state index in [2.05, 4.69) is 0 Å². The fraction of sp³-hybridized carbons (Fsp3) is 0. The van der Waals surface area contributed by atoms with Crippen molar-refractivity contribution in [3.05, 3.63) is 78.6 Å². The second-order valence-electron chi connectivity index (χ2n) is 3.84. The Morgan fingerprint density at radius 1 is 0.579 bits per heavy atom. The van der Waals surface area contributed by atoms with Gasteiger partial charge in [0.2, 0.25) is 0 Å². The maximum Gasteiger partial charge on any atom is 0.0629 e. The summed E-state index contributed by atoms with van der Waals surface area (Å²) >= 11 is 0. The van der Waals surface area contributed by atoms with Gasteiger partial charge in [0.15, 0.2) is 0 Å². The van der Waals surface area contributed by atoms with Gasteiger partial charge < -0.3 is 5.73 Å². The lowest BCUT2D eigenvalue weighted by molar-refractivity contribution is 1.58. The third-order valence-electron chi connectivity index (χ3n) is 2.53. The van der Waals surface area contributed by atoms with Crippen molar-refractivity contribution in [1.82, 2.24) is 0 Å². The summed E-state index contributed by atoms with van der Waals surface area (Å²) in [5, 5.41) is 0. The van der Waals surface area contributed by atoms with E-state index in [0.29, 0.717) is 0 Å². The van der Waals surface area contributed by atoms with Gasteiger partial charge in [-0.2, -0.15) is 0 Å². The zero-order chi connectivity index (χ0) is 21.8. The van der Waals surface area contributed by atoms with E-state index in [9.17, 15) is 0 Å². The van der Waals surface area contributed by atoms with Crippen molar-refractivity contribution >= 4 is 5.69 Å². The zero-order valence-corrected chi connectivity index (χ0v) is 9.81. The van der Waals surface area contributed by atoms with E-state index in [1.165, 1.54) is 18.2 Å². The van der Waals surface area contributed by atoms with E-state index >= 15 is 0 Å². The summed E-state index contributed by atoms with van der Waals surface area (Å²) in [6, 6.07) is -0.556. The van der Waals surface area contributed by atoms with Crippen molar-refractivity contribution < 1.29 is 13.7 Å². The molecule has 0 aromatic heterocycles. The molecule has 3 aromatic rings. The molecule has 0 atom stereocenters. The molecular weight excluding hydrogens is 230 g/mol. The minimum Gasteiger partial charge on any atom is -0.399 e. The smallest absolute Gasteiger partial charge is 0.0629 e. The van der Waals surface area contributed by atoms with Gasteiger partial charge in [-0.1, -0.05) is 60.4 Å². The summed E-state index contributed by atoms with van der Waals surface area (Å²) in [6.07, 6.45) is 0. The highest BCUT2D eigenvalue weighted by molar-refractivity contribution is 5.77. The summed E-state index contributed by atoms with van der Waals surface area (Å²) in [5.74, 6) is 0. The second kappa shape index (κ2) is 4.99. The van der Waals surface area contributed by atoms with E-state index in [4.69, 9.17) is 19.4 Å². The SMILES string of the molecule is [2H]c1c([2H])c([2H])c(-c2cc(N)cc(-c3c([2H])c([2H])c([2H])c([2H])c3[2H])c2)c([2H])c1[2H]. The fourth-order valence-corrected chi connectivity index (χ4v) is 1.73. The van der Waals surface area contributed by atoms with Crippen molar-refractivity contribution in [3.63, 3.8) is 0 Å². The Morgan fingerprint density at radius 3 is 1.42 bits per heavy atom. The molecule has 0 fully saturated rings. The largest absolute Gasteiger partial charge is 0.399 e. The standard InChI is InChI=1S/C18H15N/c19-18-12-16(14-7-3-1-4-8-14)11-17(13-18)15-9-5-2-6-10-15/h1-13H,19H2/i1D,2D,3D,4D,5D,6D,7D,8D,9D,10D. The minimum absolute atomic E-state index is 0.0862. The number of hydrogen-bond donors (Lipinski definition) is 1. The molecule has 92 valence electrons. The Kier molecular flexibility index (Phi) is 1.27. The van der Waals surface area contributed by atoms with Crippen LogP contribution in [0, 0.1) is 0 Å². The van der Waals surface area contributed by atoms with Crippen LogP contribution >= 0.6 is 0 Å². The quantitative estimate of drug-likeness (QED) is 0.665. The lowest BCUT2D eigenvalue weighted by Crippen LogP contribution is -1.88. The Hall–Kier alpha value is -2.54. The van der Waals surface area contributed by atoms with Crippen LogP contribution in [0.3, 0.4) is 0 Å². The van der Waals surface area contributed by atoms with Crippen LogP contribution in [-0.4, -0.2) is 0 Å². The highest BCUT2D eigenvalue weighted by atomic mass is 14.5. The number of rotatable bonds is 2. The van der Waals surface area contributed by atoms with Crippen LogP contribution < -0.4 is 5.73 Å². The van der Waals surface area contributed by atoms with E-state index in [-0.39, 0.29) is 27.9 Å². The van der Waals surface area contributed by atoms with Gasteiger partial charge in [-0.25, -0.2) is 0 Å². The molecule has 0 spiro atoms. The Bertz CT molecular complexity index is 1030. The molecule has 0 aliphatic heterocycles. The molecule has 0 bridgehead atoms. The summed E-state index contributed by atoms with van der Waals surface area (Å²) in [5.41, 5.74) is 6.28. The molecule has 19 heavy (non-hydrogen) atoms. The van der Waals surface area contributed by atoms with Gasteiger partial charge in [-0.3, -0.25) is 0 Å². The summed E-state index contributed by atoms with van der Waals surface area (Å²) in [6.45, 7) is 0. The van der Waals surface area contributed by atoms with E-state index in [1.54, 1.807) is 0 Å². The normalized spacial score (nSPS) is 17.7. The Morgan fingerprint density at radius 2 is 1.00 bits per heavy atom. The molecule has 0 amide bonds. The Balaban J connectivity index is 2.37. The second-order valence-corrected chi connectivity index (χ2v) is 3.84. The molecule has 0 aliphatic carbocycles. The molecule has 0 radical (unpaired) electrons. The molecule has 0 unspecified atom stereocenters. The van der Waals surface area contributed by atoms with Crippen LogP contribution in [0.5, 0.6) is 0 Å². The molecule has 2 N–H and O–H groups in total. The highest BCUT2D eigenvalue weighted by Crippen LogP contribution is 2.29. The molecule has 0 heterocycles. The third kappa shape index (κ3) is 2.50. The molecule has 3 rings (SSSR count). The molecular formula is C18H15N. The molecule has 0 aliphatic rings. The first kappa shape index (κ1) is 4.86. The van der Waals surface area contributed by atoms with Gasteiger partial charge in [-0.05, 0) is 40.5 Å². The maximum atomic E-state index is 8.13. The van der Waals surface area contributed by atoms with Crippen molar-refractivity contribution in [3.8, 4) is 22.3 Å². The maximum absolute atomic E-state index is 8.13. The summed E-state index contributed by atoms with van der Waals surface area (Å²) in [4.78, 5) is 0. The number of anilines is 1. The lowest BCUT2D eigenvalue weighted by Gasteiger charge is -2.08. The van der Waals surface area contributed by atoms with E-state index in [0.717, 1.165) is 0 Å². The van der Waals surface area contributed by atoms with E-state index < -0.39 is 60.4 Å². The molecule has 0 saturated carbocycles. The lowest BCUT2D eigenvalue weighted by atomic mass is 9.98. The predicted molar refractivity (Wildman–Crippen MR) is 81.7 cm³/mol. The van der Waals surface area contributed by atoms with Crippen LogP contribution in [0.4, 0.5) is 5.69 Å². The molecule has 1 heteroatoms. The van der Waals surface area contributed by atoms with Crippen molar-refractivity contribution in [2.75, 3.05) is 5.73 Å². The monoisotopic (exact) mass is 255 g/mol. The van der Waals surface area contributed by atoms with Crippen molar-refractivity contribution in [2.45, 2.75) is 0 Å². The summed E-state index contributed by atoms with van der Waals surface area (Å²) in [7, 11) is 0. The van der Waals surface area contributed by atoms with Gasteiger partial charge in [0.25, 0.3) is 0 Å². The first-order valence-electron chi connectivity index (χ1n) is 10.5. The van der Waals surface area contributed by atoms with Gasteiger partial charge in [-0.15, -0.1) is 0 Å². The average molecular weight is 255 g/mol. The molecule has 3 aromatic carbocycles. The minimum atomic E-state index is -0.529. The molecule has 0 saturated heterocycles. The number of hydrogen-bond acceptors (Lipinski definition) is 1. The van der Waals surface area contributed by atoms with Gasteiger partial charge in [0.1, 0.15) is 0 Å². The van der Waals surface area contributed by atoms with Crippen LogP contribution in [-0.2, 0) is 0 Å². The Labute approximate surface area is 127 Å². The van der Waals surface area contributed by atoms with E-state index in [1.807, 2.05) is 0 Å². The van der Waals surface area contributed by atoms with Crippen LogP contribution in [0.2, 0.25) is 0 Å². The first-order chi connectivity index (χ1) is 13.5. The van der Waals surface area contributed by atoms with Crippen LogP contribution in [0.25, 0.3) is 22.3 Å². The number of benzene rings is 3. The van der Waals surface area contributed by atoms with Gasteiger partial charge in [0, 0.05) is 5.69 Å². The van der Waals surface area contributed by atoms with Gasteiger partial charge in [0.05, 0.1) is 13.7 Å². The zero-order valence-electron chi connectivity index (χ0n) is 19.8. The molecule has 1 nitrogen and oxygen atoms in total. The summed E-state index contributed by atoms with van der Waals surface area (Å²) < 4.78 is 79.3. The predicted octanol–water partition coefficient (Wildman–Crippen LogP) is 4.60. The average Bonchev–Trinajstić information content (AvgIpc) is 2.67. The van der Waals surface area contributed by atoms with Crippen molar-refractivity contribution in [1.29, 1.82) is 0 Å². The van der Waals surface area contributed by atoms with Crippen molar-refractivity contribution in [2.24, 2.45) is 0 Å². The fourth-order valence-electron chi connectivity index (χ4n) is 1.73. The van der Waals surface area contributed by atoms with Crippen LogP contribution in [0.15, 0.2) is 78.6 Å². The number of nitrogen functional groups attached to an aromatic ring is 1. The first-order valence-corrected chi connectivity index (χ1v) is 5.52. The number of nitrogens with two attached hydrogens (primary N) is 1. The highest BCUT2D eigenvalue weighted by Gasteiger charge is 2.03. The third-order valence-corrected chi connectivity index (χ3v) is 2.53. The van der Waals surface area contributed by atoms with Crippen LogP contribution in [0.1, 0.15) is 13.7 Å². The van der Waals surface area contributed by atoms with Gasteiger partial charge >= 0.3 is 0 Å². The topological polar surface area (TPSA) is 26.0 Å².